The molecule has 1 aromatic rings. The summed E-state index contributed by atoms with van der Waals surface area (Å²) in [6, 6.07) is 4.19. The van der Waals surface area contributed by atoms with E-state index in [1.54, 1.807) is 16.6 Å². The highest BCUT2D eigenvalue weighted by Gasteiger charge is 2.16. The van der Waals surface area contributed by atoms with Gasteiger partial charge in [0.15, 0.2) is 0 Å². The second-order valence-corrected chi connectivity index (χ2v) is 4.95. The van der Waals surface area contributed by atoms with E-state index in [1.165, 1.54) is 11.1 Å². The largest absolute Gasteiger partial charge is 0.279 e. The van der Waals surface area contributed by atoms with Gasteiger partial charge in [0, 0.05) is 18.0 Å². The Kier molecular flexibility index (Phi) is 6.79. The summed E-state index contributed by atoms with van der Waals surface area (Å²) in [6.45, 7) is 3.85. The Bertz CT molecular complexity index is 411. The van der Waals surface area contributed by atoms with Gasteiger partial charge in [0.1, 0.15) is 6.21 Å². The van der Waals surface area contributed by atoms with Crippen molar-refractivity contribution < 1.29 is 4.79 Å². The van der Waals surface area contributed by atoms with Crippen molar-refractivity contribution in [1.29, 1.82) is 0 Å². The molecule has 1 aliphatic heterocycles. The number of nitrogens with one attached hydrogen (secondary N) is 2. The van der Waals surface area contributed by atoms with Crippen LogP contribution in [0.15, 0.2) is 22.6 Å². The van der Waals surface area contributed by atoms with Crippen molar-refractivity contribution in [3.63, 3.8) is 0 Å². The van der Waals surface area contributed by atoms with Crippen molar-refractivity contribution >= 4 is 35.9 Å². The fourth-order valence-electron chi connectivity index (χ4n) is 1.67. The average Bonchev–Trinajstić information content (AvgIpc) is 2.89. The molecule has 0 fully saturated rings. The first-order valence-corrected chi connectivity index (χ1v) is 6.84. The number of hydrogen-bond donors (Lipinski definition) is 2. The van der Waals surface area contributed by atoms with Crippen LogP contribution in [0.25, 0.3) is 0 Å². The minimum atomic E-state index is -0.235. The highest BCUT2D eigenvalue weighted by atomic mass is 35.5. The predicted octanol–water partition coefficient (Wildman–Crippen LogP) is 1.18. The second kappa shape index (κ2) is 8.11. The van der Waals surface area contributed by atoms with Crippen molar-refractivity contribution in [3.8, 4) is 0 Å². The smallest absolute Gasteiger partial charge is 0.267 e. The molecular formula is C11H18ClN5OS. The summed E-state index contributed by atoms with van der Waals surface area (Å²) < 4.78 is 0. The number of amides is 1. The lowest BCUT2D eigenvalue weighted by Gasteiger charge is -2.33. The fourth-order valence-corrected chi connectivity index (χ4v) is 2.37. The van der Waals surface area contributed by atoms with Crippen LogP contribution in [0.5, 0.6) is 0 Å². The van der Waals surface area contributed by atoms with E-state index in [-0.39, 0.29) is 18.3 Å². The molecule has 0 spiro atoms. The van der Waals surface area contributed by atoms with Crippen molar-refractivity contribution in [2.45, 2.75) is 19.8 Å². The van der Waals surface area contributed by atoms with Crippen LogP contribution in [0, 0.1) is 0 Å². The standard InChI is InChI=1S/C11H17N5OS.ClH/c1-2-6-15(7-5-10-4-3-8-18-10)16-12-9-11(17)13-14-16;/h3-4,8-9,14H,2,5-7H2,1H3,(H,13,17);1H. The number of hydrogen-bond acceptors (Lipinski definition) is 6. The number of carbonyl (C=O) groups excluding carboxylic acids is 1. The van der Waals surface area contributed by atoms with Gasteiger partial charge in [-0.3, -0.25) is 10.2 Å². The van der Waals surface area contributed by atoms with Crippen molar-refractivity contribution in [1.82, 2.24) is 21.2 Å². The van der Waals surface area contributed by atoms with Crippen LogP contribution in [0.3, 0.4) is 0 Å². The summed E-state index contributed by atoms with van der Waals surface area (Å²) in [5.74, 6) is -0.235. The molecule has 1 amide bonds. The zero-order valence-electron chi connectivity index (χ0n) is 10.7. The minimum Gasteiger partial charge on any atom is -0.267 e. The molecule has 2 heterocycles. The van der Waals surface area contributed by atoms with Gasteiger partial charge in [-0.25, -0.2) is 0 Å². The highest BCUT2D eigenvalue weighted by molar-refractivity contribution is 7.09. The van der Waals surface area contributed by atoms with Crippen molar-refractivity contribution in [3.05, 3.63) is 22.4 Å². The maximum absolute atomic E-state index is 11.0. The van der Waals surface area contributed by atoms with E-state index < -0.39 is 0 Å². The van der Waals surface area contributed by atoms with E-state index in [9.17, 15) is 4.79 Å². The topological polar surface area (TPSA) is 60.0 Å². The van der Waals surface area contributed by atoms with E-state index in [4.69, 9.17) is 0 Å². The second-order valence-electron chi connectivity index (χ2n) is 3.92. The lowest BCUT2D eigenvalue weighted by Crippen LogP contribution is -2.58. The number of nitrogens with zero attached hydrogens (tertiary/aromatic N) is 3. The minimum absolute atomic E-state index is 0. The van der Waals surface area contributed by atoms with Crippen LogP contribution in [0.2, 0.25) is 0 Å². The monoisotopic (exact) mass is 303 g/mol. The molecule has 0 aromatic carbocycles. The van der Waals surface area contributed by atoms with Crippen LogP contribution in [-0.4, -0.2) is 35.4 Å². The normalized spacial score (nSPS) is 14.4. The number of halogens is 1. The quantitative estimate of drug-likeness (QED) is 0.828. The third-order valence-electron chi connectivity index (χ3n) is 2.51. The number of rotatable bonds is 6. The molecule has 0 unspecified atom stereocenters. The molecule has 0 saturated heterocycles. The molecule has 19 heavy (non-hydrogen) atoms. The summed E-state index contributed by atoms with van der Waals surface area (Å²) in [4.78, 5) is 12.3. The molecule has 1 aromatic heterocycles. The lowest BCUT2D eigenvalue weighted by molar-refractivity contribution is -0.129. The Hall–Kier alpha value is -1.15. The maximum Gasteiger partial charge on any atom is 0.279 e. The van der Waals surface area contributed by atoms with E-state index in [0.29, 0.717) is 0 Å². The highest BCUT2D eigenvalue weighted by Crippen LogP contribution is 2.10. The molecule has 106 valence electrons. The van der Waals surface area contributed by atoms with E-state index in [2.05, 4.69) is 45.5 Å². The molecular weight excluding hydrogens is 286 g/mol. The van der Waals surface area contributed by atoms with Gasteiger partial charge in [0.2, 0.25) is 0 Å². The van der Waals surface area contributed by atoms with Crippen LogP contribution < -0.4 is 11.0 Å². The summed E-state index contributed by atoms with van der Waals surface area (Å²) in [6.07, 6.45) is 3.26. The zero-order chi connectivity index (χ0) is 12.8. The van der Waals surface area contributed by atoms with Gasteiger partial charge in [0.25, 0.3) is 5.91 Å². The molecule has 2 rings (SSSR count). The third kappa shape index (κ3) is 4.79. The first-order chi connectivity index (χ1) is 8.79. The number of hydrazine groups is 3. The average molecular weight is 304 g/mol. The van der Waals surface area contributed by atoms with Crippen molar-refractivity contribution in [2.75, 3.05) is 13.1 Å². The molecule has 1 aliphatic rings. The third-order valence-corrected chi connectivity index (χ3v) is 3.45. The maximum atomic E-state index is 11.0. The van der Waals surface area contributed by atoms with Crippen molar-refractivity contribution in [2.24, 2.45) is 5.10 Å². The van der Waals surface area contributed by atoms with Gasteiger partial charge in [0.05, 0.1) is 0 Å². The first kappa shape index (κ1) is 15.9. The predicted molar refractivity (Wildman–Crippen MR) is 78.7 cm³/mol. The fraction of sp³-hybridized carbons (Fsp3) is 0.455. The molecule has 0 radical (unpaired) electrons. The van der Waals surface area contributed by atoms with Gasteiger partial charge in [-0.2, -0.15) is 5.01 Å². The summed E-state index contributed by atoms with van der Waals surface area (Å²) >= 11 is 1.76. The van der Waals surface area contributed by atoms with Gasteiger partial charge < -0.3 is 0 Å². The van der Waals surface area contributed by atoms with Gasteiger partial charge in [-0.05, 0) is 24.3 Å². The Balaban J connectivity index is 0.00000180. The van der Waals surface area contributed by atoms with Crippen LogP contribution in [-0.2, 0) is 11.2 Å². The molecule has 6 nitrogen and oxygen atoms in total. The van der Waals surface area contributed by atoms with Gasteiger partial charge in [-0.15, -0.1) is 39.6 Å². The molecule has 8 heteroatoms. The van der Waals surface area contributed by atoms with E-state index >= 15 is 0 Å². The van der Waals surface area contributed by atoms with Gasteiger partial charge >= 0.3 is 0 Å². The Morgan fingerprint density at radius 1 is 1.47 bits per heavy atom. The number of carbonyl (C=O) groups is 1. The van der Waals surface area contributed by atoms with Crippen LogP contribution >= 0.6 is 23.7 Å². The molecule has 0 bridgehead atoms. The van der Waals surface area contributed by atoms with Gasteiger partial charge in [-0.1, -0.05) is 13.0 Å². The Morgan fingerprint density at radius 2 is 2.32 bits per heavy atom. The lowest BCUT2D eigenvalue weighted by atomic mass is 10.3. The van der Waals surface area contributed by atoms with Crippen LogP contribution in [0.4, 0.5) is 0 Å². The number of hydrazone groups is 1. The zero-order valence-corrected chi connectivity index (χ0v) is 12.3. The SMILES string of the molecule is CCCN(CCc1cccs1)N1N=CC(=O)NN1.Cl. The Labute approximate surface area is 122 Å². The summed E-state index contributed by atoms with van der Waals surface area (Å²) in [5, 5.41) is 9.77. The summed E-state index contributed by atoms with van der Waals surface area (Å²) in [7, 11) is 0. The number of thiophene rings is 1. The van der Waals surface area contributed by atoms with E-state index in [1.807, 2.05) is 0 Å². The Morgan fingerprint density at radius 3 is 2.89 bits per heavy atom. The molecule has 2 N–H and O–H groups in total. The van der Waals surface area contributed by atoms with Crippen LogP contribution in [0.1, 0.15) is 18.2 Å². The first-order valence-electron chi connectivity index (χ1n) is 5.96. The summed E-state index contributed by atoms with van der Waals surface area (Å²) in [5.41, 5.74) is 5.26. The molecule has 0 atom stereocenters. The molecule has 0 aliphatic carbocycles. The van der Waals surface area contributed by atoms with E-state index in [0.717, 1.165) is 25.9 Å². The molecule has 0 saturated carbocycles.